The van der Waals surface area contributed by atoms with E-state index in [2.05, 4.69) is 15.2 Å². The third kappa shape index (κ3) is 4.23. The maximum Gasteiger partial charge on any atom is 0.345 e. The molecule has 0 saturated carbocycles. The Hall–Kier alpha value is -3.36. The van der Waals surface area contributed by atoms with Crippen LogP contribution in [0.25, 0.3) is 0 Å². The predicted molar refractivity (Wildman–Crippen MR) is 109 cm³/mol. The van der Waals surface area contributed by atoms with Gasteiger partial charge in [0.05, 0.1) is 31.1 Å². The molecule has 2 aliphatic rings. The van der Waals surface area contributed by atoms with Gasteiger partial charge < -0.3 is 10.1 Å². The van der Waals surface area contributed by atoms with Crippen LogP contribution >= 0.6 is 0 Å². The highest BCUT2D eigenvalue weighted by molar-refractivity contribution is 6.52. The Labute approximate surface area is 167 Å². The maximum absolute atomic E-state index is 12.4. The summed E-state index contributed by atoms with van der Waals surface area (Å²) in [6.45, 7) is 2.98. The SMILES string of the molecule is O=C(/N=C/c1ccccc1)Nc1ccc2c(c1)C(=O)C(=O)N2CN1CCOCC1. The topological polar surface area (TPSA) is 91.3 Å². The molecule has 1 N–H and O–H groups in total. The van der Waals surface area contributed by atoms with Gasteiger partial charge in [-0.25, -0.2) is 9.79 Å². The number of benzene rings is 2. The van der Waals surface area contributed by atoms with Crippen LogP contribution < -0.4 is 10.2 Å². The summed E-state index contributed by atoms with van der Waals surface area (Å²) in [7, 11) is 0. The van der Waals surface area contributed by atoms with Gasteiger partial charge in [0.15, 0.2) is 0 Å². The summed E-state index contributed by atoms with van der Waals surface area (Å²) in [5.41, 5.74) is 2.05. The highest BCUT2D eigenvalue weighted by atomic mass is 16.5. The van der Waals surface area contributed by atoms with Crippen LogP contribution in [0.2, 0.25) is 0 Å². The molecule has 0 aromatic heterocycles. The van der Waals surface area contributed by atoms with Gasteiger partial charge in [0, 0.05) is 25.0 Å². The number of anilines is 2. The molecule has 148 valence electrons. The van der Waals surface area contributed by atoms with Crippen LogP contribution in [-0.4, -0.2) is 61.8 Å². The fraction of sp³-hybridized carbons (Fsp3) is 0.238. The Bertz CT molecular complexity index is 968. The first-order valence-corrected chi connectivity index (χ1v) is 9.32. The maximum atomic E-state index is 12.4. The summed E-state index contributed by atoms with van der Waals surface area (Å²) in [6.07, 6.45) is 1.46. The number of Topliss-reactive ketones (excluding diaryl/α,β-unsaturated/α-hetero) is 1. The van der Waals surface area contributed by atoms with Crippen molar-refractivity contribution in [2.75, 3.05) is 43.2 Å². The molecule has 8 heteroatoms. The fourth-order valence-corrected chi connectivity index (χ4v) is 3.29. The third-order valence-corrected chi connectivity index (χ3v) is 4.80. The van der Waals surface area contributed by atoms with Crippen LogP contribution in [0.15, 0.2) is 53.5 Å². The summed E-state index contributed by atoms with van der Waals surface area (Å²) in [5.74, 6) is -1.13. The fourth-order valence-electron chi connectivity index (χ4n) is 3.29. The molecular weight excluding hydrogens is 372 g/mol. The van der Waals surface area contributed by atoms with E-state index in [9.17, 15) is 14.4 Å². The van der Waals surface area contributed by atoms with Crippen molar-refractivity contribution in [3.63, 3.8) is 0 Å². The Morgan fingerprint density at radius 1 is 1.10 bits per heavy atom. The second kappa shape index (κ2) is 8.34. The molecule has 3 amide bonds. The molecule has 2 aromatic rings. The number of aliphatic imine (C=N–C) groups is 1. The van der Waals surface area contributed by atoms with E-state index in [1.165, 1.54) is 17.2 Å². The van der Waals surface area contributed by atoms with Crippen LogP contribution in [0, 0.1) is 0 Å². The van der Waals surface area contributed by atoms with E-state index in [1.807, 2.05) is 30.3 Å². The van der Waals surface area contributed by atoms with E-state index in [0.29, 0.717) is 44.3 Å². The smallest absolute Gasteiger partial charge is 0.345 e. The Morgan fingerprint density at radius 3 is 2.62 bits per heavy atom. The molecule has 1 fully saturated rings. The van der Waals surface area contributed by atoms with E-state index in [1.54, 1.807) is 12.1 Å². The van der Waals surface area contributed by atoms with Gasteiger partial charge in [0.2, 0.25) is 0 Å². The predicted octanol–water partition coefficient (Wildman–Crippen LogP) is 2.16. The van der Waals surface area contributed by atoms with E-state index in [4.69, 9.17) is 4.74 Å². The molecule has 0 spiro atoms. The Balaban J connectivity index is 1.46. The Kier molecular flexibility index (Phi) is 5.46. The average Bonchev–Trinajstić information content (AvgIpc) is 2.98. The summed E-state index contributed by atoms with van der Waals surface area (Å²) >= 11 is 0. The molecule has 29 heavy (non-hydrogen) atoms. The first kappa shape index (κ1) is 19.0. The summed E-state index contributed by atoms with van der Waals surface area (Å²) in [4.78, 5) is 44.3. The number of carbonyl (C=O) groups is 3. The number of urea groups is 1. The van der Waals surface area contributed by atoms with Gasteiger partial charge >= 0.3 is 11.9 Å². The lowest BCUT2D eigenvalue weighted by molar-refractivity contribution is -0.114. The van der Waals surface area contributed by atoms with Crippen molar-refractivity contribution < 1.29 is 19.1 Å². The van der Waals surface area contributed by atoms with Crippen LogP contribution in [0.5, 0.6) is 0 Å². The summed E-state index contributed by atoms with van der Waals surface area (Å²) in [5, 5.41) is 2.63. The van der Waals surface area contributed by atoms with Gasteiger partial charge in [-0.3, -0.25) is 19.4 Å². The molecule has 1 saturated heterocycles. The van der Waals surface area contributed by atoms with Crippen molar-refractivity contribution in [1.29, 1.82) is 0 Å². The number of morpholine rings is 1. The summed E-state index contributed by atoms with van der Waals surface area (Å²) in [6, 6.07) is 13.5. The minimum atomic E-state index is -0.572. The number of carbonyl (C=O) groups excluding carboxylic acids is 3. The van der Waals surface area contributed by atoms with Gasteiger partial charge in [-0.1, -0.05) is 30.3 Å². The minimum absolute atomic E-state index is 0.285. The normalized spacial score (nSPS) is 17.0. The number of nitrogens with one attached hydrogen (secondary N) is 1. The molecule has 2 heterocycles. The minimum Gasteiger partial charge on any atom is -0.379 e. The number of fused-ring (bicyclic) bond motifs is 1. The van der Waals surface area contributed by atoms with E-state index < -0.39 is 17.7 Å². The largest absolute Gasteiger partial charge is 0.379 e. The average molecular weight is 392 g/mol. The molecule has 0 atom stereocenters. The van der Waals surface area contributed by atoms with Crippen molar-refractivity contribution in [2.45, 2.75) is 0 Å². The van der Waals surface area contributed by atoms with Gasteiger partial charge in [-0.05, 0) is 23.8 Å². The molecule has 8 nitrogen and oxygen atoms in total. The number of hydrogen-bond donors (Lipinski definition) is 1. The zero-order valence-electron chi connectivity index (χ0n) is 15.7. The van der Waals surface area contributed by atoms with Crippen molar-refractivity contribution in [3.05, 3.63) is 59.7 Å². The monoisotopic (exact) mass is 392 g/mol. The van der Waals surface area contributed by atoms with E-state index >= 15 is 0 Å². The highest BCUT2D eigenvalue weighted by Crippen LogP contribution is 2.31. The molecule has 2 aromatic carbocycles. The number of ketones is 1. The van der Waals surface area contributed by atoms with E-state index in [-0.39, 0.29) is 5.56 Å². The summed E-state index contributed by atoms with van der Waals surface area (Å²) < 4.78 is 5.32. The Morgan fingerprint density at radius 2 is 1.86 bits per heavy atom. The van der Waals surface area contributed by atoms with Crippen molar-refractivity contribution in [3.8, 4) is 0 Å². The lowest BCUT2D eigenvalue weighted by atomic mass is 10.1. The van der Waals surface area contributed by atoms with Gasteiger partial charge in [-0.15, -0.1) is 0 Å². The van der Waals surface area contributed by atoms with Crippen LogP contribution in [0.1, 0.15) is 15.9 Å². The van der Waals surface area contributed by atoms with E-state index in [0.717, 1.165) is 5.56 Å². The number of rotatable bonds is 4. The number of nitrogens with zero attached hydrogens (tertiary/aromatic N) is 3. The van der Waals surface area contributed by atoms with Crippen molar-refractivity contribution in [1.82, 2.24) is 4.90 Å². The van der Waals surface area contributed by atoms with Crippen LogP contribution in [0.4, 0.5) is 16.2 Å². The molecule has 4 rings (SSSR count). The molecule has 0 aliphatic carbocycles. The molecule has 0 radical (unpaired) electrons. The third-order valence-electron chi connectivity index (χ3n) is 4.80. The quantitative estimate of drug-likeness (QED) is 0.636. The molecule has 0 unspecified atom stereocenters. The first-order chi connectivity index (χ1) is 14.1. The number of amides is 3. The standard InChI is InChI=1S/C21H20N4O4/c26-19-17-12-16(23-21(28)22-13-15-4-2-1-3-5-15)6-7-18(17)25(20(19)27)14-24-8-10-29-11-9-24/h1-7,12-13H,8-11,14H2,(H,23,28)/b22-13+. The van der Waals surface area contributed by atoms with Crippen LogP contribution in [-0.2, 0) is 9.53 Å². The molecule has 2 aliphatic heterocycles. The zero-order chi connectivity index (χ0) is 20.2. The lowest BCUT2D eigenvalue weighted by Gasteiger charge is -2.30. The molecule has 0 bridgehead atoms. The lowest BCUT2D eigenvalue weighted by Crippen LogP contribution is -2.45. The van der Waals surface area contributed by atoms with Crippen molar-refractivity contribution in [2.24, 2.45) is 4.99 Å². The second-order valence-electron chi connectivity index (χ2n) is 6.77. The zero-order valence-corrected chi connectivity index (χ0v) is 15.7. The first-order valence-electron chi connectivity index (χ1n) is 9.32. The van der Waals surface area contributed by atoms with Crippen molar-refractivity contribution >= 4 is 35.3 Å². The number of ether oxygens (including phenoxy) is 1. The second-order valence-corrected chi connectivity index (χ2v) is 6.77. The number of hydrogen-bond acceptors (Lipinski definition) is 5. The van der Waals surface area contributed by atoms with Gasteiger partial charge in [0.25, 0.3) is 5.78 Å². The highest BCUT2D eigenvalue weighted by Gasteiger charge is 2.37. The molecular formula is C21H20N4O4. The van der Waals surface area contributed by atoms with Gasteiger partial charge in [0.1, 0.15) is 0 Å². The van der Waals surface area contributed by atoms with Crippen LogP contribution in [0.3, 0.4) is 0 Å². The van der Waals surface area contributed by atoms with Gasteiger partial charge in [-0.2, -0.15) is 0 Å².